The molecule has 0 aliphatic heterocycles. The second-order valence-corrected chi connectivity index (χ2v) is 12.1. The maximum Gasteiger partial charge on any atom is 0.345 e. The van der Waals surface area contributed by atoms with Crippen LogP contribution in [0.15, 0.2) is 0 Å². The van der Waals surface area contributed by atoms with E-state index in [9.17, 15) is 9.59 Å². The summed E-state index contributed by atoms with van der Waals surface area (Å²) in [7, 11) is 0. The maximum atomic E-state index is 11.5. The van der Waals surface area contributed by atoms with Crippen LogP contribution < -0.4 is 0 Å². The molecule has 0 amide bonds. The van der Waals surface area contributed by atoms with Crippen molar-refractivity contribution >= 4 is 11.9 Å². The van der Waals surface area contributed by atoms with Gasteiger partial charge < -0.3 is 14.9 Å². The van der Waals surface area contributed by atoms with Gasteiger partial charge in [0.05, 0.1) is 6.61 Å². The maximum absolute atomic E-state index is 11.5. The standard InChI is InChI=1S/C35H68O5/c1-2-3-4-5-6-7-8-9-10-11-12-13-14-15-16-17-18-19-20-21-22-23-24-25-26-27-28-29-30-31-34(38)40-35(39)33(37)32-36/h33,36-37H,2-32H2,1H3. The molecule has 40 heavy (non-hydrogen) atoms. The lowest BCUT2D eigenvalue weighted by Gasteiger charge is -2.06. The number of unbranched alkanes of at least 4 members (excludes halogenated alkanes) is 28. The summed E-state index contributed by atoms with van der Waals surface area (Å²) in [5, 5.41) is 17.7. The molecule has 0 rings (SSSR count). The SMILES string of the molecule is CCCCCCCCCCCCCCCCCCCCCCCCCCCCCCCC(=O)OC(=O)C(O)CO. The number of rotatable bonds is 32. The predicted octanol–water partition coefficient (Wildman–Crippen LogP) is 10.1. The molecule has 1 unspecified atom stereocenters. The fourth-order valence-electron chi connectivity index (χ4n) is 5.42. The van der Waals surface area contributed by atoms with Gasteiger partial charge >= 0.3 is 11.9 Å². The molecule has 0 spiro atoms. The molecular formula is C35H68O5. The summed E-state index contributed by atoms with van der Waals surface area (Å²) < 4.78 is 4.48. The molecule has 5 nitrogen and oxygen atoms in total. The monoisotopic (exact) mass is 569 g/mol. The van der Waals surface area contributed by atoms with Crippen LogP contribution in [-0.2, 0) is 14.3 Å². The number of aliphatic hydroxyl groups excluding tert-OH is 2. The molecule has 0 saturated carbocycles. The van der Waals surface area contributed by atoms with Crippen molar-refractivity contribution in [2.45, 2.75) is 206 Å². The Bertz CT molecular complexity index is 536. The highest BCUT2D eigenvalue weighted by Gasteiger charge is 2.18. The Kier molecular flexibility index (Phi) is 31.8. The van der Waals surface area contributed by atoms with E-state index in [0.717, 1.165) is 12.8 Å². The fraction of sp³-hybridized carbons (Fsp3) is 0.943. The van der Waals surface area contributed by atoms with Crippen LogP contribution in [0.25, 0.3) is 0 Å². The van der Waals surface area contributed by atoms with Gasteiger partial charge in [-0.25, -0.2) is 4.79 Å². The predicted molar refractivity (Wildman–Crippen MR) is 168 cm³/mol. The molecule has 0 radical (unpaired) electrons. The smallest absolute Gasteiger partial charge is 0.345 e. The molecule has 238 valence electrons. The van der Waals surface area contributed by atoms with Crippen LogP contribution in [0.1, 0.15) is 200 Å². The van der Waals surface area contributed by atoms with Gasteiger partial charge in [0.25, 0.3) is 0 Å². The van der Waals surface area contributed by atoms with E-state index in [4.69, 9.17) is 10.2 Å². The Hall–Kier alpha value is -0.940. The Morgan fingerprint density at radius 1 is 0.475 bits per heavy atom. The van der Waals surface area contributed by atoms with Crippen molar-refractivity contribution in [1.82, 2.24) is 0 Å². The van der Waals surface area contributed by atoms with Crippen molar-refractivity contribution in [3.8, 4) is 0 Å². The van der Waals surface area contributed by atoms with E-state index in [-0.39, 0.29) is 6.42 Å². The Labute approximate surface area is 248 Å². The van der Waals surface area contributed by atoms with Crippen molar-refractivity contribution in [2.75, 3.05) is 6.61 Å². The van der Waals surface area contributed by atoms with Gasteiger partial charge in [-0.15, -0.1) is 0 Å². The first kappa shape index (κ1) is 39.1. The lowest BCUT2D eigenvalue weighted by Crippen LogP contribution is -2.28. The fourth-order valence-corrected chi connectivity index (χ4v) is 5.42. The zero-order valence-electron chi connectivity index (χ0n) is 26.6. The summed E-state index contributed by atoms with van der Waals surface area (Å²) in [5.74, 6) is -1.69. The number of esters is 2. The number of ether oxygens (including phenoxy) is 1. The number of carbonyl (C=O) groups is 2. The quantitative estimate of drug-likeness (QED) is 0.0479. The minimum absolute atomic E-state index is 0.184. The normalized spacial score (nSPS) is 12.1. The summed E-state index contributed by atoms with van der Waals surface area (Å²) in [5.41, 5.74) is 0. The lowest BCUT2D eigenvalue weighted by atomic mass is 10.0. The molecule has 0 aromatic rings. The Morgan fingerprint density at radius 3 is 0.975 bits per heavy atom. The van der Waals surface area contributed by atoms with Crippen molar-refractivity contribution in [1.29, 1.82) is 0 Å². The number of hydrogen-bond donors (Lipinski definition) is 2. The van der Waals surface area contributed by atoms with E-state index < -0.39 is 24.6 Å². The molecule has 0 bridgehead atoms. The van der Waals surface area contributed by atoms with Crippen molar-refractivity contribution in [3.05, 3.63) is 0 Å². The average Bonchev–Trinajstić information content (AvgIpc) is 2.95. The molecule has 1 atom stereocenters. The van der Waals surface area contributed by atoms with Gasteiger partial charge in [0, 0.05) is 6.42 Å². The van der Waals surface area contributed by atoms with Crippen LogP contribution in [0.3, 0.4) is 0 Å². The van der Waals surface area contributed by atoms with Crippen molar-refractivity contribution in [2.24, 2.45) is 0 Å². The zero-order valence-corrected chi connectivity index (χ0v) is 26.6. The van der Waals surface area contributed by atoms with Gasteiger partial charge in [-0.3, -0.25) is 4.79 Å². The highest BCUT2D eigenvalue weighted by atomic mass is 16.6. The van der Waals surface area contributed by atoms with Crippen LogP contribution >= 0.6 is 0 Å². The molecule has 0 aliphatic rings. The van der Waals surface area contributed by atoms with Crippen molar-refractivity contribution in [3.63, 3.8) is 0 Å². The van der Waals surface area contributed by atoms with Gasteiger partial charge in [-0.1, -0.05) is 187 Å². The van der Waals surface area contributed by atoms with E-state index >= 15 is 0 Å². The Balaban J connectivity index is 3.14. The summed E-state index contributed by atoms with van der Waals surface area (Å²) in [4.78, 5) is 22.7. The molecule has 5 heteroatoms. The molecule has 2 N–H and O–H groups in total. The van der Waals surface area contributed by atoms with Crippen LogP contribution in [0.4, 0.5) is 0 Å². The van der Waals surface area contributed by atoms with Crippen LogP contribution in [0.5, 0.6) is 0 Å². The van der Waals surface area contributed by atoms with E-state index in [1.165, 1.54) is 167 Å². The third kappa shape index (κ3) is 30.0. The molecular weight excluding hydrogens is 500 g/mol. The van der Waals surface area contributed by atoms with E-state index in [2.05, 4.69) is 11.7 Å². The first-order valence-electron chi connectivity index (χ1n) is 17.6. The third-order valence-electron chi connectivity index (χ3n) is 8.14. The summed E-state index contributed by atoms with van der Waals surface area (Å²) in [6.45, 7) is 1.56. The number of carbonyl (C=O) groups excluding carboxylic acids is 2. The third-order valence-corrected chi connectivity index (χ3v) is 8.14. The molecule has 0 heterocycles. The second-order valence-electron chi connectivity index (χ2n) is 12.1. The van der Waals surface area contributed by atoms with Crippen molar-refractivity contribution < 1.29 is 24.5 Å². The van der Waals surface area contributed by atoms with Crippen LogP contribution in [0.2, 0.25) is 0 Å². The molecule has 0 aliphatic carbocycles. The Morgan fingerprint density at radius 2 is 0.725 bits per heavy atom. The molecule has 0 aromatic carbocycles. The highest BCUT2D eigenvalue weighted by Crippen LogP contribution is 2.16. The zero-order chi connectivity index (χ0) is 29.4. The van der Waals surface area contributed by atoms with Crippen LogP contribution in [-0.4, -0.2) is 34.9 Å². The van der Waals surface area contributed by atoms with Gasteiger partial charge in [-0.2, -0.15) is 0 Å². The topological polar surface area (TPSA) is 83.8 Å². The largest absolute Gasteiger partial charge is 0.393 e. The number of hydrogen-bond acceptors (Lipinski definition) is 5. The molecule has 0 fully saturated rings. The molecule has 0 saturated heterocycles. The first-order chi connectivity index (χ1) is 19.6. The van der Waals surface area contributed by atoms with Crippen LogP contribution in [0, 0.1) is 0 Å². The van der Waals surface area contributed by atoms with E-state index in [0.29, 0.717) is 6.42 Å². The van der Waals surface area contributed by atoms with Gasteiger partial charge in [0.2, 0.25) is 0 Å². The average molecular weight is 569 g/mol. The first-order valence-corrected chi connectivity index (χ1v) is 17.6. The minimum Gasteiger partial charge on any atom is -0.393 e. The van der Waals surface area contributed by atoms with Gasteiger partial charge in [0.15, 0.2) is 6.10 Å². The van der Waals surface area contributed by atoms with E-state index in [1.807, 2.05) is 0 Å². The molecule has 0 aromatic heterocycles. The van der Waals surface area contributed by atoms with Gasteiger partial charge in [0.1, 0.15) is 0 Å². The lowest BCUT2D eigenvalue weighted by molar-refractivity contribution is -0.167. The van der Waals surface area contributed by atoms with Gasteiger partial charge in [-0.05, 0) is 6.42 Å². The summed E-state index contributed by atoms with van der Waals surface area (Å²) in [6, 6.07) is 0. The highest BCUT2D eigenvalue weighted by molar-refractivity contribution is 5.87. The second kappa shape index (κ2) is 32.6. The summed E-state index contributed by atoms with van der Waals surface area (Å²) >= 11 is 0. The van der Waals surface area contributed by atoms with E-state index in [1.54, 1.807) is 0 Å². The number of aliphatic hydroxyl groups is 2. The summed E-state index contributed by atoms with van der Waals surface area (Å²) in [6.07, 6.45) is 37.9. The minimum atomic E-state index is -1.63.